The number of carbonyl (C=O) groups excluding carboxylic acids is 1. The third-order valence-electron chi connectivity index (χ3n) is 3.58. The van der Waals surface area contributed by atoms with Crippen LogP contribution in [-0.4, -0.2) is 41.4 Å². The predicted octanol–water partition coefficient (Wildman–Crippen LogP) is 1.09. The Balaban J connectivity index is 2.17. The Morgan fingerprint density at radius 2 is 1.89 bits per heavy atom. The number of carbonyl (C=O) groups is 2. The van der Waals surface area contributed by atoms with Crippen LogP contribution < -0.4 is 10.6 Å². The van der Waals surface area contributed by atoms with Gasteiger partial charge in [-0.1, -0.05) is 32.1 Å². The van der Waals surface area contributed by atoms with Crippen molar-refractivity contribution < 1.29 is 19.8 Å². The number of aliphatic hydroxyl groups excluding tert-OH is 1. The van der Waals surface area contributed by atoms with Crippen LogP contribution >= 0.6 is 0 Å². The molecular formula is C13H24N2O4. The molecule has 1 aliphatic rings. The van der Waals surface area contributed by atoms with E-state index >= 15 is 0 Å². The minimum Gasteiger partial charge on any atom is -0.480 e. The molecule has 1 saturated carbocycles. The highest BCUT2D eigenvalue weighted by molar-refractivity contribution is 5.82. The minimum absolute atomic E-state index is 0.0192. The zero-order valence-corrected chi connectivity index (χ0v) is 11.2. The van der Waals surface area contributed by atoms with E-state index in [-0.39, 0.29) is 13.0 Å². The summed E-state index contributed by atoms with van der Waals surface area (Å²) in [6.45, 7) is 0.307. The number of urea groups is 1. The SMILES string of the molecule is O=C(NCCC1CCCCC1)N[C@@H](CCO)C(=O)O. The molecule has 1 aliphatic carbocycles. The molecule has 4 N–H and O–H groups in total. The maximum Gasteiger partial charge on any atom is 0.326 e. The number of hydrogen-bond acceptors (Lipinski definition) is 3. The van der Waals surface area contributed by atoms with Crippen molar-refractivity contribution in [3.63, 3.8) is 0 Å². The third kappa shape index (κ3) is 6.42. The molecule has 0 radical (unpaired) electrons. The molecular weight excluding hydrogens is 248 g/mol. The van der Waals surface area contributed by atoms with Crippen LogP contribution in [0, 0.1) is 5.92 Å². The molecule has 6 nitrogen and oxygen atoms in total. The molecule has 0 heterocycles. The summed E-state index contributed by atoms with van der Waals surface area (Å²) in [6, 6.07) is -1.50. The Bertz CT molecular complexity index is 290. The normalized spacial score (nSPS) is 17.7. The van der Waals surface area contributed by atoms with Gasteiger partial charge in [-0.25, -0.2) is 9.59 Å². The van der Waals surface area contributed by atoms with Gasteiger partial charge < -0.3 is 20.8 Å². The first-order valence-electron chi connectivity index (χ1n) is 7.01. The van der Waals surface area contributed by atoms with Crippen LogP contribution in [0.3, 0.4) is 0 Å². The van der Waals surface area contributed by atoms with E-state index in [9.17, 15) is 9.59 Å². The van der Waals surface area contributed by atoms with Crippen molar-refractivity contribution in [1.29, 1.82) is 0 Å². The van der Waals surface area contributed by atoms with Crippen molar-refractivity contribution in [1.82, 2.24) is 10.6 Å². The monoisotopic (exact) mass is 272 g/mol. The van der Waals surface area contributed by atoms with Crippen molar-refractivity contribution in [3.05, 3.63) is 0 Å². The lowest BCUT2D eigenvalue weighted by Gasteiger charge is -2.21. The molecule has 19 heavy (non-hydrogen) atoms. The lowest BCUT2D eigenvalue weighted by Crippen LogP contribution is -2.46. The smallest absolute Gasteiger partial charge is 0.326 e. The summed E-state index contributed by atoms with van der Waals surface area (Å²) in [7, 11) is 0. The highest BCUT2D eigenvalue weighted by Crippen LogP contribution is 2.25. The summed E-state index contributed by atoms with van der Waals surface area (Å²) in [5.74, 6) is -0.446. The van der Waals surface area contributed by atoms with Gasteiger partial charge in [0.15, 0.2) is 0 Å². The molecule has 1 fully saturated rings. The van der Waals surface area contributed by atoms with Crippen molar-refractivity contribution >= 4 is 12.0 Å². The summed E-state index contributed by atoms with van der Waals surface area (Å²) >= 11 is 0. The Hall–Kier alpha value is -1.30. The fourth-order valence-corrected chi connectivity index (χ4v) is 2.46. The summed E-state index contributed by atoms with van der Waals surface area (Å²) in [6.07, 6.45) is 7.28. The van der Waals surface area contributed by atoms with Gasteiger partial charge in [0, 0.05) is 19.6 Å². The fraction of sp³-hybridized carbons (Fsp3) is 0.846. The van der Waals surface area contributed by atoms with Gasteiger partial charge in [-0.05, 0) is 12.3 Å². The summed E-state index contributed by atoms with van der Waals surface area (Å²) in [5.41, 5.74) is 0. The van der Waals surface area contributed by atoms with E-state index < -0.39 is 18.0 Å². The van der Waals surface area contributed by atoms with Crippen LogP contribution in [0.1, 0.15) is 44.9 Å². The van der Waals surface area contributed by atoms with Gasteiger partial charge in [0.05, 0.1) is 0 Å². The summed E-state index contributed by atoms with van der Waals surface area (Å²) in [4.78, 5) is 22.3. The molecule has 0 aromatic rings. The molecule has 0 aromatic heterocycles. The second-order valence-electron chi connectivity index (χ2n) is 5.10. The van der Waals surface area contributed by atoms with Crippen molar-refractivity contribution in [2.24, 2.45) is 5.92 Å². The van der Waals surface area contributed by atoms with E-state index in [1.54, 1.807) is 0 Å². The van der Waals surface area contributed by atoms with Crippen molar-refractivity contribution in [3.8, 4) is 0 Å². The van der Waals surface area contributed by atoms with E-state index in [1.165, 1.54) is 32.1 Å². The van der Waals surface area contributed by atoms with Gasteiger partial charge in [0.1, 0.15) is 6.04 Å². The number of rotatable bonds is 7. The van der Waals surface area contributed by atoms with Gasteiger partial charge in [-0.15, -0.1) is 0 Å². The number of nitrogens with one attached hydrogen (secondary N) is 2. The van der Waals surface area contributed by atoms with E-state index in [0.717, 1.165) is 6.42 Å². The molecule has 0 bridgehead atoms. The molecule has 0 spiro atoms. The van der Waals surface area contributed by atoms with E-state index in [0.29, 0.717) is 12.5 Å². The van der Waals surface area contributed by atoms with Gasteiger partial charge in [-0.3, -0.25) is 0 Å². The molecule has 0 unspecified atom stereocenters. The van der Waals surface area contributed by atoms with E-state index in [2.05, 4.69) is 10.6 Å². The van der Waals surface area contributed by atoms with Crippen LogP contribution in [0.4, 0.5) is 4.79 Å². The van der Waals surface area contributed by atoms with Crippen LogP contribution in [0.5, 0.6) is 0 Å². The Labute approximate surface area is 113 Å². The number of aliphatic hydroxyl groups is 1. The number of amides is 2. The molecule has 1 atom stereocenters. The number of hydrogen-bond donors (Lipinski definition) is 4. The largest absolute Gasteiger partial charge is 0.480 e. The van der Waals surface area contributed by atoms with Crippen molar-refractivity contribution in [2.45, 2.75) is 51.0 Å². The average Bonchev–Trinajstić information content (AvgIpc) is 2.39. The maximum absolute atomic E-state index is 11.5. The average molecular weight is 272 g/mol. The fourth-order valence-electron chi connectivity index (χ4n) is 2.46. The van der Waals surface area contributed by atoms with Crippen LogP contribution in [0.15, 0.2) is 0 Å². The second-order valence-corrected chi connectivity index (χ2v) is 5.10. The van der Waals surface area contributed by atoms with Crippen molar-refractivity contribution in [2.75, 3.05) is 13.2 Å². The van der Waals surface area contributed by atoms with E-state index in [4.69, 9.17) is 10.2 Å². The zero-order chi connectivity index (χ0) is 14.1. The molecule has 6 heteroatoms. The highest BCUT2D eigenvalue weighted by Gasteiger charge is 2.19. The standard InChI is InChI=1S/C13H24N2O4/c16-9-7-11(12(17)18)15-13(19)14-8-6-10-4-2-1-3-5-10/h10-11,16H,1-9H2,(H,17,18)(H2,14,15,19)/t11-/m0/s1. The zero-order valence-electron chi connectivity index (χ0n) is 11.2. The summed E-state index contributed by atoms with van der Waals surface area (Å²) in [5, 5.41) is 22.6. The minimum atomic E-state index is -1.13. The third-order valence-corrected chi connectivity index (χ3v) is 3.58. The molecule has 0 aliphatic heterocycles. The first-order valence-corrected chi connectivity index (χ1v) is 7.01. The highest BCUT2D eigenvalue weighted by atomic mass is 16.4. The lowest BCUT2D eigenvalue weighted by molar-refractivity contribution is -0.139. The number of carboxylic acids is 1. The Kier molecular flexibility index (Phi) is 7.25. The Morgan fingerprint density at radius 3 is 2.47 bits per heavy atom. The quantitative estimate of drug-likeness (QED) is 0.557. The van der Waals surface area contributed by atoms with E-state index in [1.807, 2.05) is 0 Å². The molecule has 2 amide bonds. The lowest BCUT2D eigenvalue weighted by atomic mass is 9.87. The van der Waals surface area contributed by atoms with Crippen LogP contribution in [-0.2, 0) is 4.79 Å². The number of aliphatic carboxylic acids is 1. The first kappa shape index (κ1) is 15.8. The topological polar surface area (TPSA) is 98.7 Å². The van der Waals surface area contributed by atoms with Crippen LogP contribution in [0.2, 0.25) is 0 Å². The molecule has 0 saturated heterocycles. The predicted molar refractivity (Wildman–Crippen MR) is 70.9 cm³/mol. The molecule has 110 valence electrons. The second kappa shape index (κ2) is 8.74. The van der Waals surface area contributed by atoms with Gasteiger partial charge in [-0.2, -0.15) is 0 Å². The summed E-state index contributed by atoms with van der Waals surface area (Å²) < 4.78 is 0. The van der Waals surface area contributed by atoms with Gasteiger partial charge in [0.2, 0.25) is 0 Å². The number of carboxylic acid groups (broad SMARTS) is 1. The Morgan fingerprint density at radius 1 is 1.21 bits per heavy atom. The molecule has 1 rings (SSSR count). The van der Waals surface area contributed by atoms with Gasteiger partial charge in [0.25, 0.3) is 0 Å². The molecule has 0 aromatic carbocycles. The van der Waals surface area contributed by atoms with Gasteiger partial charge >= 0.3 is 12.0 Å². The van der Waals surface area contributed by atoms with Crippen LogP contribution in [0.25, 0.3) is 0 Å². The first-order chi connectivity index (χ1) is 9.13. The maximum atomic E-state index is 11.5.